The Morgan fingerprint density at radius 3 is 3.17 bits per heavy atom. The van der Waals surface area contributed by atoms with Crippen LogP contribution < -0.4 is 10.7 Å². The van der Waals surface area contributed by atoms with E-state index in [9.17, 15) is 4.79 Å². The van der Waals surface area contributed by atoms with E-state index in [1.807, 2.05) is 13.0 Å². The number of aryl methyl sites for hydroxylation is 1. The number of benzene rings is 1. The molecule has 92 valence electrons. The molecule has 0 amide bonds. The first-order valence-electron chi connectivity index (χ1n) is 6.62. The summed E-state index contributed by atoms with van der Waals surface area (Å²) in [6.45, 7) is 3.89. The summed E-state index contributed by atoms with van der Waals surface area (Å²) in [7, 11) is 0. The molecule has 1 atom stereocenters. The van der Waals surface area contributed by atoms with Crippen molar-refractivity contribution in [2.75, 3.05) is 6.54 Å². The van der Waals surface area contributed by atoms with Crippen LogP contribution in [-0.2, 0) is 13.1 Å². The van der Waals surface area contributed by atoms with Gasteiger partial charge in [0.15, 0.2) is 5.43 Å². The van der Waals surface area contributed by atoms with Gasteiger partial charge >= 0.3 is 0 Å². The zero-order valence-corrected chi connectivity index (χ0v) is 10.5. The summed E-state index contributed by atoms with van der Waals surface area (Å²) in [4.78, 5) is 12.6. The maximum Gasteiger partial charge on any atom is 0.192 e. The minimum Gasteiger partial charge on any atom is -0.330 e. The minimum absolute atomic E-state index is 0.268. The predicted octanol–water partition coefficient (Wildman–Crippen LogP) is 1.90. The Bertz CT molecular complexity index is 714. The molecule has 1 aliphatic carbocycles. The van der Waals surface area contributed by atoms with E-state index in [2.05, 4.69) is 22.0 Å². The summed E-state index contributed by atoms with van der Waals surface area (Å²) in [5.74, 6) is 0.534. The van der Waals surface area contributed by atoms with Gasteiger partial charge in [-0.2, -0.15) is 0 Å². The van der Waals surface area contributed by atoms with E-state index in [-0.39, 0.29) is 5.43 Å². The van der Waals surface area contributed by atoms with Gasteiger partial charge in [0.1, 0.15) is 0 Å². The Balaban J connectivity index is 2.20. The Labute approximate surface area is 105 Å². The molecule has 4 rings (SSSR count). The molecule has 0 radical (unpaired) electrons. The fraction of sp³-hybridized carbons (Fsp3) is 0.400. The number of fused-ring (bicyclic) bond motifs is 2. The van der Waals surface area contributed by atoms with Crippen LogP contribution >= 0.6 is 0 Å². The van der Waals surface area contributed by atoms with Crippen molar-refractivity contribution in [3.63, 3.8) is 0 Å². The molecule has 0 unspecified atom stereocenters. The molecule has 0 fully saturated rings. The van der Waals surface area contributed by atoms with Crippen molar-refractivity contribution < 1.29 is 0 Å². The van der Waals surface area contributed by atoms with E-state index < -0.39 is 0 Å². The predicted molar refractivity (Wildman–Crippen MR) is 72.0 cm³/mol. The number of hydrogen-bond donors (Lipinski definition) is 1. The summed E-state index contributed by atoms with van der Waals surface area (Å²) in [5.41, 5.74) is 4.88. The molecule has 1 aromatic heterocycles. The Morgan fingerprint density at radius 2 is 2.28 bits per heavy atom. The van der Waals surface area contributed by atoms with Crippen LogP contribution in [0.2, 0.25) is 0 Å². The van der Waals surface area contributed by atoms with E-state index in [1.54, 1.807) is 0 Å². The molecule has 3 nitrogen and oxygen atoms in total. The third-order valence-corrected chi connectivity index (χ3v) is 4.35. The third kappa shape index (κ3) is 1.20. The molecule has 2 heterocycles. The summed E-state index contributed by atoms with van der Waals surface area (Å²) in [6.07, 6.45) is 2.07. The first-order chi connectivity index (χ1) is 8.75. The van der Waals surface area contributed by atoms with Crippen molar-refractivity contribution in [1.29, 1.82) is 0 Å². The smallest absolute Gasteiger partial charge is 0.192 e. The lowest BCUT2D eigenvalue weighted by Gasteiger charge is -2.27. The lowest BCUT2D eigenvalue weighted by Crippen LogP contribution is -2.33. The Kier molecular flexibility index (Phi) is 1.98. The topological polar surface area (TPSA) is 34.0 Å². The van der Waals surface area contributed by atoms with Crippen molar-refractivity contribution >= 4 is 10.9 Å². The zero-order valence-electron chi connectivity index (χ0n) is 10.5. The normalized spacial score (nSPS) is 21.3. The molecule has 0 saturated heterocycles. The first kappa shape index (κ1) is 10.3. The largest absolute Gasteiger partial charge is 0.330 e. The van der Waals surface area contributed by atoms with Crippen LogP contribution in [0.1, 0.15) is 29.2 Å². The second-order valence-electron chi connectivity index (χ2n) is 5.49. The molecule has 1 aliphatic heterocycles. The van der Waals surface area contributed by atoms with Gasteiger partial charge in [-0.15, -0.1) is 0 Å². The van der Waals surface area contributed by atoms with Crippen LogP contribution in [0, 0.1) is 6.92 Å². The van der Waals surface area contributed by atoms with Gasteiger partial charge in [0.05, 0.1) is 12.2 Å². The third-order valence-electron chi connectivity index (χ3n) is 4.35. The van der Waals surface area contributed by atoms with Crippen molar-refractivity contribution in [3.8, 4) is 0 Å². The number of hydrogen-bond acceptors (Lipinski definition) is 2. The van der Waals surface area contributed by atoms with Crippen LogP contribution in [0.3, 0.4) is 0 Å². The highest BCUT2D eigenvalue weighted by atomic mass is 16.1. The van der Waals surface area contributed by atoms with Gasteiger partial charge in [0, 0.05) is 29.1 Å². The van der Waals surface area contributed by atoms with Crippen molar-refractivity contribution in [3.05, 3.63) is 45.2 Å². The molecule has 18 heavy (non-hydrogen) atoms. The molecule has 2 aliphatic rings. The summed E-state index contributed by atoms with van der Waals surface area (Å²) in [5, 5.41) is 4.35. The highest BCUT2D eigenvalue weighted by Crippen LogP contribution is 2.34. The van der Waals surface area contributed by atoms with Gasteiger partial charge in [0.25, 0.3) is 0 Å². The summed E-state index contributed by atoms with van der Waals surface area (Å²) < 4.78 is 2.31. The van der Waals surface area contributed by atoms with Crippen LogP contribution in [0.25, 0.3) is 10.9 Å². The average molecular weight is 240 g/mol. The monoisotopic (exact) mass is 240 g/mol. The Hall–Kier alpha value is -1.61. The molecule has 1 aromatic carbocycles. The van der Waals surface area contributed by atoms with Gasteiger partial charge in [-0.1, -0.05) is 11.6 Å². The lowest BCUT2D eigenvalue weighted by atomic mass is 10.0. The maximum absolute atomic E-state index is 12.6. The maximum atomic E-state index is 12.6. The molecular formula is C15H16N2O. The van der Waals surface area contributed by atoms with Crippen LogP contribution in [0.5, 0.6) is 0 Å². The van der Waals surface area contributed by atoms with Crippen LogP contribution in [0.4, 0.5) is 0 Å². The zero-order chi connectivity index (χ0) is 12.3. The lowest BCUT2D eigenvalue weighted by molar-refractivity contribution is 0.444. The number of pyridine rings is 1. The van der Waals surface area contributed by atoms with E-state index in [1.165, 1.54) is 5.69 Å². The standard InChI is InChI=1S/C15H16N2O/c1-9-2-5-13-12(6-9)15(18)11-4-3-10-7-16-8-17(13)14(10)11/h2,5-6,10,16H,3-4,7-8H2,1H3/t10-/m1/s1. The first-order valence-corrected chi connectivity index (χ1v) is 6.62. The molecule has 3 heteroatoms. The molecular weight excluding hydrogens is 224 g/mol. The van der Waals surface area contributed by atoms with E-state index in [4.69, 9.17) is 0 Å². The van der Waals surface area contributed by atoms with Gasteiger partial charge in [-0.05, 0) is 31.9 Å². The SMILES string of the molecule is Cc1ccc2c(c1)c(=O)c1c3n2CNC[C@H]3CC1. The highest BCUT2D eigenvalue weighted by Gasteiger charge is 2.31. The second kappa shape index (κ2) is 3.45. The average Bonchev–Trinajstić information content (AvgIpc) is 2.81. The quantitative estimate of drug-likeness (QED) is 0.763. The minimum atomic E-state index is 0.268. The van der Waals surface area contributed by atoms with E-state index in [0.29, 0.717) is 5.92 Å². The fourth-order valence-electron chi connectivity index (χ4n) is 3.52. The number of aromatic nitrogens is 1. The second-order valence-corrected chi connectivity index (χ2v) is 5.49. The molecule has 0 saturated carbocycles. The molecule has 0 bridgehead atoms. The van der Waals surface area contributed by atoms with Gasteiger partial charge in [-0.3, -0.25) is 10.1 Å². The van der Waals surface area contributed by atoms with Crippen molar-refractivity contribution in [2.24, 2.45) is 0 Å². The fourth-order valence-corrected chi connectivity index (χ4v) is 3.52. The van der Waals surface area contributed by atoms with Crippen molar-refractivity contribution in [1.82, 2.24) is 9.88 Å². The van der Waals surface area contributed by atoms with Gasteiger partial charge < -0.3 is 4.57 Å². The highest BCUT2D eigenvalue weighted by molar-refractivity contribution is 5.81. The van der Waals surface area contributed by atoms with E-state index >= 15 is 0 Å². The van der Waals surface area contributed by atoms with Crippen LogP contribution in [-0.4, -0.2) is 11.1 Å². The molecule has 2 aromatic rings. The molecule has 1 N–H and O–H groups in total. The van der Waals surface area contributed by atoms with Gasteiger partial charge in [0.2, 0.25) is 0 Å². The van der Waals surface area contributed by atoms with Crippen LogP contribution in [0.15, 0.2) is 23.0 Å². The van der Waals surface area contributed by atoms with Crippen molar-refractivity contribution in [2.45, 2.75) is 32.4 Å². The van der Waals surface area contributed by atoms with E-state index in [0.717, 1.165) is 48.1 Å². The number of nitrogens with zero attached hydrogens (tertiary/aromatic N) is 1. The summed E-state index contributed by atoms with van der Waals surface area (Å²) >= 11 is 0. The Morgan fingerprint density at radius 1 is 1.39 bits per heavy atom. The van der Waals surface area contributed by atoms with Gasteiger partial charge in [-0.25, -0.2) is 0 Å². The number of rotatable bonds is 0. The molecule has 0 spiro atoms. The summed E-state index contributed by atoms with van der Waals surface area (Å²) in [6, 6.07) is 6.22. The number of nitrogens with one attached hydrogen (secondary N) is 1.